The summed E-state index contributed by atoms with van der Waals surface area (Å²) in [6, 6.07) is 12.2. The first kappa shape index (κ1) is 23.0. The Morgan fingerprint density at radius 3 is 2.53 bits per heavy atom. The third-order valence-electron chi connectivity index (χ3n) is 5.88. The molecular weight excluding hydrogens is 438 g/mol. The van der Waals surface area contributed by atoms with Crippen LogP contribution in [0.5, 0.6) is 5.75 Å². The van der Waals surface area contributed by atoms with E-state index in [1.54, 1.807) is 65.9 Å². The molecule has 10 heteroatoms. The van der Waals surface area contributed by atoms with E-state index in [0.717, 1.165) is 12.0 Å². The number of amides is 2. The molecule has 0 bridgehead atoms. The summed E-state index contributed by atoms with van der Waals surface area (Å²) in [4.78, 5) is 37.3. The predicted molar refractivity (Wildman–Crippen MR) is 126 cm³/mol. The van der Waals surface area contributed by atoms with Crippen LogP contribution in [-0.2, 0) is 11.3 Å². The molecule has 1 aliphatic heterocycles. The van der Waals surface area contributed by atoms with Crippen LogP contribution in [-0.4, -0.2) is 40.2 Å². The van der Waals surface area contributed by atoms with Gasteiger partial charge < -0.3 is 15.0 Å². The van der Waals surface area contributed by atoms with Crippen LogP contribution in [0.3, 0.4) is 0 Å². The second kappa shape index (κ2) is 9.34. The summed E-state index contributed by atoms with van der Waals surface area (Å²) in [5, 5.41) is 18.3. The minimum absolute atomic E-state index is 0.0199. The number of methoxy groups -OCH3 is 1. The molecule has 0 aliphatic carbocycles. The van der Waals surface area contributed by atoms with Gasteiger partial charge in [-0.2, -0.15) is 5.10 Å². The van der Waals surface area contributed by atoms with Gasteiger partial charge in [-0.15, -0.1) is 0 Å². The summed E-state index contributed by atoms with van der Waals surface area (Å²) in [5.41, 5.74) is 3.44. The van der Waals surface area contributed by atoms with Crippen LogP contribution in [0.25, 0.3) is 0 Å². The molecule has 1 saturated heterocycles. The van der Waals surface area contributed by atoms with Crippen molar-refractivity contribution in [3.63, 3.8) is 0 Å². The van der Waals surface area contributed by atoms with Gasteiger partial charge in [0.05, 0.1) is 24.3 Å². The quantitative estimate of drug-likeness (QED) is 0.420. The van der Waals surface area contributed by atoms with Gasteiger partial charge in [-0.1, -0.05) is 12.1 Å². The van der Waals surface area contributed by atoms with Crippen molar-refractivity contribution in [3.8, 4) is 5.75 Å². The van der Waals surface area contributed by atoms with Gasteiger partial charge in [-0.25, -0.2) is 0 Å². The Kier molecular flexibility index (Phi) is 6.31. The average Bonchev–Trinajstić information content (AvgIpc) is 3.36. The number of benzene rings is 2. The molecule has 1 N–H and O–H groups in total. The predicted octanol–water partition coefficient (Wildman–Crippen LogP) is 3.84. The van der Waals surface area contributed by atoms with Crippen LogP contribution in [0.15, 0.2) is 42.5 Å². The van der Waals surface area contributed by atoms with Crippen molar-refractivity contribution in [2.75, 3.05) is 23.9 Å². The fraction of sp³-hybridized carbons (Fsp3) is 0.292. The third kappa shape index (κ3) is 4.47. The van der Waals surface area contributed by atoms with Crippen molar-refractivity contribution in [1.82, 2.24) is 9.78 Å². The van der Waals surface area contributed by atoms with Crippen LogP contribution < -0.4 is 15.0 Å². The van der Waals surface area contributed by atoms with Crippen molar-refractivity contribution < 1.29 is 19.2 Å². The molecule has 176 valence electrons. The van der Waals surface area contributed by atoms with Gasteiger partial charge in [-0.05, 0) is 50.1 Å². The van der Waals surface area contributed by atoms with E-state index in [1.165, 1.54) is 7.11 Å². The maximum atomic E-state index is 12.7. The minimum Gasteiger partial charge on any atom is -0.494 e. The molecule has 1 aliphatic rings. The number of nitro groups is 1. The summed E-state index contributed by atoms with van der Waals surface area (Å²) in [6.07, 6.45) is 1.33. The largest absolute Gasteiger partial charge is 0.494 e. The van der Waals surface area contributed by atoms with Crippen LogP contribution in [0.2, 0.25) is 0 Å². The standard InChI is InChI=1S/C24H25N5O5/c1-15-23(29(32)33)16(2)28(26-15)14-17-6-8-18(9-7-17)24(31)25-19-10-11-20(21(13-19)34-3)27-12-4-5-22(27)30/h6-11,13H,4-5,12,14H2,1-3H3,(H,25,31). The van der Waals surface area contributed by atoms with E-state index in [0.29, 0.717) is 53.6 Å². The molecule has 0 atom stereocenters. The van der Waals surface area contributed by atoms with E-state index in [9.17, 15) is 19.7 Å². The lowest BCUT2D eigenvalue weighted by molar-refractivity contribution is -0.386. The van der Waals surface area contributed by atoms with Gasteiger partial charge in [0, 0.05) is 30.3 Å². The second-order valence-corrected chi connectivity index (χ2v) is 8.12. The molecule has 2 amide bonds. The first-order chi connectivity index (χ1) is 16.3. The number of hydrogen-bond donors (Lipinski definition) is 1. The Balaban J connectivity index is 1.46. The summed E-state index contributed by atoms with van der Waals surface area (Å²) in [6.45, 7) is 4.28. The number of aryl methyl sites for hydroxylation is 1. The maximum absolute atomic E-state index is 12.7. The van der Waals surface area contributed by atoms with E-state index in [1.807, 2.05) is 0 Å². The lowest BCUT2D eigenvalue weighted by Gasteiger charge is -2.19. The molecule has 1 aromatic heterocycles. The normalized spacial score (nSPS) is 13.3. The molecule has 1 fully saturated rings. The second-order valence-electron chi connectivity index (χ2n) is 8.12. The smallest absolute Gasteiger partial charge is 0.312 e. The lowest BCUT2D eigenvalue weighted by Crippen LogP contribution is -2.24. The van der Waals surface area contributed by atoms with Gasteiger partial charge >= 0.3 is 5.69 Å². The zero-order valence-corrected chi connectivity index (χ0v) is 19.2. The monoisotopic (exact) mass is 463 g/mol. The Labute approximate surface area is 196 Å². The van der Waals surface area contributed by atoms with Crippen LogP contribution in [0.4, 0.5) is 17.1 Å². The number of ether oxygens (including phenoxy) is 1. The number of carbonyl (C=O) groups excluding carboxylic acids is 2. The number of anilines is 2. The first-order valence-corrected chi connectivity index (χ1v) is 10.9. The fourth-order valence-electron chi connectivity index (χ4n) is 4.12. The fourth-order valence-corrected chi connectivity index (χ4v) is 4.12. The molecule has 2 aromatic carbocycles. The van der Waals surface area contributed by atoms with E-state index >= 15 is 0 Å². The molecule has 10 nitrogen and oxygen atoms in total. The molecule has 3 aromatic rings. The van der Waals surface area contributed by atoms with Crippen molar-refractivity contribution in [2.24, 2.45) is 0 Å². The van der Waals surface area contributed by atoms with E-state index in [2.05, 4.69) is 10.4 Å². The highest BCUT2D eigenvalue weighted by atomic mass is 16.6. The molecule has 0 unspecified atom stereocenters. The van der Waals surface area contributed by atoms with Crippen LogP contribution >= 0.6 is 0 Å². The van der Waals surface area contributed by atoms with Gasteiger partial charge in [-0.3, -0.25) is 24.4 Å². The molecule has 4 rings (SSSR count). The van der Waals surface area contributed by atoms with Gasteiger partial charge in [0.25, 0.3) is 5.91 Å². The zero-order chi connectivity index (χ0) is 24.4. The highest BCUT2D eigenvalue weighted by Crippen LogP contribution is 2.34. The topological polar surface area (TPSA) is 120 Å². The van der Waals surface area contributed by atoms with Crippen molar-refractivity contribution in [1.29, 1.82) is 0 Å². The van der Waals surface area contributed by atoms with Gasteiger partial charge in [0.15, 0.2) is 0 Å². The van der Waals surface area contributed by atoms with E-state index < -0.39 is 4.92 Å². The lowest BCUT2D eigenvalue weighted by atomic mass is 10.1. The molecular formula is C24H25N5O5. The zero-order valence-electron chi connectivity index (χ0n) is 19.2. The number of hydrogen-bond acceptors (Lipinski definition) is 6. The third-order valence-corrected chi connectivity index (χ3v) is 5.88. The van der Waals surface area contributed by atoms with Crippen LogP contribution in [0.1, 0.15) is 40.2 Å². The molecule has 34 heavy (non-hydrogen) atoms. The van der Waals surface area contributed by atoms with E-state index in [4.69, 9.17) is 4.74 Å². The van der Waals surface area contributed by atoms with E-state index in [-0.39, 0.29) is 17.5 Å². The highest BCUT2D eigenvalue weighted by molar-refractivity contribution is 6.05. The number of rotatable bonds is 7. The number of carbonyl (C=O) groups is 2. The maximum Gasteiger partial charge on any atom is 0.312 e. The Bertz CT molecular complexity index is 1270. The Hall–Kier alpha value is -4.21. The summed E-state index contributed by atoms with van der Waals surface area (Å²) in [5.74, 6) is 0.285. The number of nitrogens with zero attached hydrogens (tertiary/aromatic N) is 4. The Morgan fingerprint density at radius 2 is 1.94 bits per heavy atom. The Morgan fingerprint density at radius 1 is 1.21 bits per heavy atom. The number of nitrogens with one attached hydrogen (secondary N) is 1. The highest BCUT2D eigenvalue weighted by Gasteiger charge is 2.25. The van der Waals surface area contributed by atoms with Crippen molar-refractivity contribution in [2.45, 2.75) is 33.2 Å². The average molecular weight is 463 g/mol. The minimum atomic E-state index is -0.424. The van der Waals surface area contributed by atoms with Crippen LogP contribution in [0, 0.1) is 24.0 Å². The van der Waals surface area contributed by atoms with Crippen molar-refractivity contribution >= 4 is 28.9 Å². The van der Waals surface area contributed by atoms with Gasteiger partial charge in [0.2, 0.25) is 5.91 Å². The molecule has 2 heterocycles. The first-order valence-electron chi connectivity index (χ1n) is 10.9. The molecule has 0 spiro atoms. The molecule has 0 radical (unpaired) electrons. The SMILES string of the molecule is COc1cc(NC(=O)c2ccc(Cn3nc(C)c([N+](=O)[O-])c3C)cc2)ccc1N1CCCC1=O. The summed E-state index contributed by atoms with van der Waals surface area (Å²) >= 11 is 0. The summed E-state index contributed by atoms with van der Waals surface area (Å²) in [7, 11) is 1.53. The summed E-state index contributed by atoms with van der Waals surface area (Å²) < 4.78 is 7.03. The number of aromatic nitrogens is 2. The van der Waals surface area contributed by atoms with Gasteiger partial charge in [0.1, 0.15) is 17.1 Å². The molecule has 0 saturated carbocycles. The van der Waals surface area contributed by atoms with Crippen molar-refractivity contribution in [3.05, 3.63) is 75.1 Å².